The Morgan fingerprint density at radius 3 is 2.62 bits per heavy atom. The molecule has 0 aliphatic carbocycles. The van der Waals surface area contributed by atoms with E-state index in [0.717, 1.165) is 23.5 Å². The molecule has 0 bridgehead atoms. The summed E-state index contributed by atoms with van der Waals surface area (Å²) in [6, 6.07) is 5.71. The summed E-state index contributed by atoms with van der Waals surface area (Å²) in [5, 5.41) is 9.10. The summed E-state index contributed by atoms with van der Waals surface area (Å²) in [6.07, 6.45) is 4.00. The van der Waals surface area contributed by atoms with Crippen LogP contribution in [-0.4, -0.2) is 25.4 Å². The summed E-state index contributed by atoms with van der Waals surface area (Å²) in [5.74, 6) is 1.58. The first-order chi connectivity index (χ1) is 7.67. The summed E-state index contributed by atoms with van der Waals surface area (Å²) in [4.78, 5) is 0. The molecule has 0 spiro atoms. The second-order valence-corrected chi connectivity index (χ2v) is 3.55. The molecule has 0 aromatic heterocycles. The van der Waals surface area contributed by atoms with Crippen LogP contribution in [0.15, 0.2) is 30.4 Å². The monoisotopic (exact) mass is 222 g/mol. The fraction of sp³-hybridized carbons (Fsp3) is 0.385. The molecule has 1 rings (SSSR count). The fourth-order valence-corrected chi connectivity index (χ4v) is 1.41. The van der Waals surface area contributed by atoms with Gasteiger partial charge in [0, 0.05) is 6.07 Å². The fourth-order valence-electron chi connectivity index (χ4n) is 1.41. The number of allylic oxidation sites excluding steroid dienone is 1. The molecule has 0 amide bonds. The van der Waals surface area contributed by atoms with Crippen LogP contribution in [0.25, 0.3) is 0 Å². The summed E-state index contributed by atoms with van der Waals surface area (Å²) < 4.78 is 10.4. The number of methoxy groups -OCH3 is 2. The molecular formula is C13H18O3. The van der Waals surface area contributed by atoms with Crippen molar-refractivity contribution in [2.45, 2.75) is 19.4 Å². The van der Waals surface area contributed by atoms with Crippen molar-refractivity contribution in [3.63, 3.8) is 0 Å². The predicted octanol–water partition coefficient (Wildman–Crippen LogP) is 2.18. The molecule has 0 heterocycles. The molecule has 1 aromatic rings. The van der Waals surface area contributed by atoms with E-state index in [-0.39, 0.29) is 0 Å². The Morgan fingerprint density at radius 2 is 2.06 bits per heavy atom. The minimum absolute atomic E-state index is 0.413. The average Bonchev–Trinajstić information content (AvgIpc) is 2.29. The van der Waals surface area contributed by atoms with E-state index in [4.69, 9.17) is 14.6 Å². The van der Waals surface area contributed by atoms with Crippen LogP contribution < -0.4 is 9.47 Å². The lowest BCUT2D eigenvalue weighted by Gasteiger charge is -2.08. The zero-order chi connectivity index (χ0) is 12.0. The van der Waals surface area contributed by atoms with Crippen LogP contribution in [0.3, 0.4) is 0 Å². The van der Waals surface area contributed by atoms with E-state index in [0.29, 0.717) is 0 Å². The first-order valence-corrected chi connectivity index (χ1v) is 5.23. The lowest BCUT2D eigenvalue weighted by molar-refractivity contribution is 0.244. The Kier molecular flexibility index (Phi) is 4.86. The van der Waals surface area contributed by atoms with E-state index < -0.39 is 6.10 Å². The van der Waals surface area contributed by atoms with Crippen molar-refractivity contribution in [3.05, 3.63) is 35.9 Å². The molecule has 0 fully saturated rings. The lowest BCUT2D eigenvalue weighted by atomic mass is 10.1. The Balaban J connectivity index is 2.79. The van der Waals surface area contributed by atoms with Gasteiger partial charge in [-0.05, 0) is 25.0 Å². The topological polar surface area (TPSA) is 38.7 Å². The predicted molar refractivity (Wildman–Crippen MR) is 64.1 cm³/mol. The van der Waals surface area contributed by atoms with Gasteiger partial charge < -0.3 is 14.6 Å². The van der Waals surface area contributed by atoms with Crippen LogP contribution >= 0.6 is 0 Å². The van der Waals surface area contributed by atoms with Gasteiger partial charge in [-0.15, -0.1) is 0 Å². The molecule has 3 heteroatoms. The second kappa shape index (κ2) is 6.18. The normalized spacial score (nSPS) is 12.8. The second-order valence-electron chi connectivity index (χ2n) is 3.55. The number of hydrogen-bond donors (Lipinski definition) is 1. The number of rotatable bonds is 5. The molecule has 16 heavy (non-hydrogen) atoms. The van der Waals surface area contributed by atoms with Crippen molar-refractivity contribution in [1.29, 1.82) is 0 Å². The summed E-state index contributed by atoms with van der Waals surface area (Å²) in [5.41, 5.74) is 1.07. The van der Waals surface area contributed by atoms with Gasteiger partial charge in [-0.25, -0.2) is 0 Å². The standard InChI is InChI=1S/C13H18O3/c1-10(14)5-4-6-11-7-8-12(15-2)9-13(11)16-3/h4-5,7-10,14H,6H2,1-3H3/b5-4+/t10-/m0/s1. The molecule has 3 nitrogen and oxygen atoms in total. The molecule has 0 saturated heterocycles. The third-order valence-corrected chi connectivity index (χ3v) is 2.25. The molecule has 1 N–H and O–H groups in total. The minimum Gasteiger partial charge on any atom is -0.497 e. The van der Waals surface area contributed by atoms with E-state index in [1.807, 2.05) is 24.3 Å². The van der Waals surface area contributed by atoms with Crippen molar-refractivity contribution in [1.82, 2.24) is 0 Å². The zero-order valence-electron chi connectivity index (χ0n) is 9.93. The molecular weight excluding hydrogens is 204 g/mol. The van der Waals surface area contributed by atoms with Gasteiger partial charge in [-0.1, -0.05) is 18.2 Å². The van der Waals surface area contributed by atoms with Crippen molar-refractivity contribution in [3.8, 4) is 11.5 Å². The number of ether oxygens (including phenoxy) is 2. The Hall–Kier alpha value is -1.48. The highest BCUT2D eigenvalue weighted by atomic mass is 16.5. The molecule has 1 aromatic carbocycles. The summed E-state index contributed by atoms with van der Waals surface area (Å²) in [7, 11) is 3.26. The van der Waals surface area contributed by atoms with Gasteiger partial charge in [0.25, 0.3) is 0 Å². The molecule has 0 aliphatic heterocycles. The van der Waals surface area contributed by atoms with Crippen LogP contribution in [0.4, 0.5) is 0 Å². The van der Waals surface area contributed by atoms with Gasteiger partial charge >= 0.3 is 0 Å². The van der Waals surface area contributed by atoms with Gasteiger partial charge in [0.1, 0.15) is 11.5 Å². The van der Waals surface area contributed by atoms with E-state index in [2.05, 4.69) is 0 Å². The number of benzene rings is 1. The lowest BCUT2D eigenvalue weighted by Crippen LogP contribution is -1.95. The maximum absolute atomic E-state index is 9.10. The molecule has 0 unspecified atom stereocenters. The van der Waals surface area contributed by atoms with Crippen molar-refractivity contribution in [2.75, 3.05) is 14.2 Å². The molecule has 0 radical (unpaired) electrons. The van der Waals surface area contributed by atoms with Crippen molar-refractivity contribution < 1.29 is 14.6 Å². The van der Waals surface area contributed by atoms with E-state index in [1.54, 1.807) is 27.2 Å². The Bertz CT molecular complexity index is 356. The molecule has 0 aliphatic rings. The van der Waals surface area contributed by atoms with E-state index >= 15 is 0 Å². The SMILES string of the molecule is COc1ccc(C/C=C/[C@H](C)O)c(OC)c1. The quantitative estimate of drug-likeness (QED) is 0.776. The van der Waals surface area contributed by atoms with Gasteiger partial charge in [-0.2, -0.15) is 0 Å². The van der Waals surface area contributed by atoms with Crippen LogP contribution in [-0.2, 0) is 6.42 Å². The molecule has 88 valence electrons. The summed E-state index contributed by atoms with van der Waals surface area (Å²) in [6.45, 7) is 1.72. The van der Waals surface area contributed by atoms with Gasteiger partial charge in [-0.3, -0.25) is 0 Å². The first-order valence-electron chi connectivity index (χ1n) is 5.23. The summed E-state index contributed by atoms with van der Waals surface area (Å²) >= 11 is 0. The zero-order valence-corrected chi connectivity index (χ0v) is 9.93. The van der Waals surface area contributed by atoms with Crippen molar-refractivity contribution >= 4 is 0 Å². The van der Waals surface area contributed by atoms with Gasteiger partial charge in [0.05, 0.1) is 20.3 Å². The van der Waals surface area contributed by atoms with E-state index in [9.17, 15) is 0 Å². The first kappa shape index (κ1) is 12.6. The Labute approximate surface area is 96.3 Å². The van der Waals surface area contributed by atoms with Crippen LogP contribution in [0.1, 0.15) is 12.5 Å². The molecule has 1 atom stereocenters. The number of aliphatic hydroxyl groups is 1. The smallest absolute Gasteiger partial charge is 0.126 e. The van der Waals surface area contributed by atoms with Crippen LogP contribution in [0.5, 0.6) is 11.5 Å². The minimum atomic E-state index is -0.413. The van der Waals surface area contributed by atoms with Gasteiger partial charge in [0.2, 0.25) is 0 Å². The highest BCUT2D eigenvalue weighted by molar-refractivity contribution is 5.41. The average molecular weight is 222 g/mol. The van der Waals surface area contributed by atoms with Crippen LogP contribution in [0.2, 0.25) is 0 Å². The third-order valence-electron chi connectivity index (χ3n) is 2.25. The highest BCUT2D eigenvalue weighted by Crippen LogP contribution is 2.25. The Morgan fingerprint density at radius 1 is 1.31 bits per heavy atom. The maximum Gasteiger partial charge on any atom is 0.126 e. The number of aliphatic hydroxyl groups excluding tert-OH is 1. The highest BCUT2D eigenvalue weighted by Gasteiger charge is 2.03. The van der Waals surface area contributed by atoms with Crippen molar-refractivity contribution in [2.24, 2.45) is 0 Å². The number of hydrogen-bond acceptors (Lipinski definition) is 3. The van der Waals surface area contributed by atoms with E-state index in [1.165, 1.54) is 0 Å². The molecule has 0 saturated carbocycles. The van der Waals surface area contributed by atoms with Crippen LogP contribution in [0, 0.1) is 0 Å². The maximum atomic E-state index is 9.10. The largest absolute Gasteiger partial charge is 0.497 e. The third kappa shape index (κ3) is 3.59. The van der Waals surface area contributed by atoms with Gasteiger partial charge in [0.15, 0.2) is 0 Å².